The van der Waals surface area contributed by atoms with Gasteiger partial charge in [0.2, 0.25) is 0 Å². The minimum Gasteiger partial charge on any atom is -0.453 e. The molecule has 0 atom stereocenters. The van der Waals surface area contributed by atoms with Crippen LogP contribution in [0.25, 0.3) is 0 Å². The van der Waals surface area contributed by atoms with Gasteiger partial charge in [0.1, 0.15) is 5.00 Å². The summed E-state index contributed by atoms with van der Waals surface area (Å²) in [4.78, 5) is 38.8. The van der Waals surface area contributed by atoms with Crippen LogP contribution in [0.4, 0.5) is 15.5 Å². The molecular weight excluding hydrogens is 502 g/mol. The summed E-state index contributed by atoms with van der Waals surface area (Å²) in [6.45, 7) is 0. The first-order valence-corrected chi connectivity index (χ1v) is 13.6. The molecule has 0 spiro atoms. The number of sulfonamides is 1. The fraction of sp³-hybridized carbons (Fsp3) is 0.240. The number of anilines is 2. The largest absolute Gasteiger partial charge is 0.453 e. The first-order valence-electron chi connectivity index (χ1n) is 11.3. The molecule has 0 fully saturated rings. The van der Waals surface area contributed by atoms with E-state index < -0.39 is 27.9 Å². The first kappa shape index (κ1) is 25.4. The predicted molar refractivity (Wildman–Crippen MR) is 137 cm³/mol. The summed E-state index contributed by atoms with van der Waals surface area (Å²) in [6, 6.07) is 14.0. The second-order valence-corrected chi connectivity index (χ2v) is 11.0. The molecule has 0 saturated carbocycles. The van der Waals surface area contributed by atoms with Crippen LogP contribution in [0.1, 0.15) is 50.4 Å². The van der Waals surface area contributed by atoms with Crippen molar-refractivity contribution in [3.8, 4) is 0 Å². The zero-order valence-electron chi connectivity index (χ0n) is 19.5. The van der Waals surface area contributed by atoms with Crippen LogP contribution in [0.5, 0.6) is 0 Å². The lowest BCUT2D eigenvalue weighted by atomic mass is 10.0. The molecule has 3 N–H and O–H groups in total. The van der Waals surface area contributed by atoms with Crippen molar-refractivity contribution >= 4 is 50.0 Å². The molecular formula is C25H25N3O6S2. The van der Waals surface area contributed by atoms with Crippen LogP contribution in [-0.2, 0) is 27.6 Å². The SMILES string of the molecule is COC(=O)NC(=O)c1c(NC(=O)c2cccc(NS(=O)(=O)c3ccccc3)c2)sc2c1CCCCC2. The number of hydrogen-bond donors (Lipinski definition) is 3. The van der Waals surface area contributed by atoms with Gasteiger partial charge < -0.3 is 10.1 Å². The highest BCUT2D eigenvalue weighted by Gasteiger charge is 2.27. The molecule has 0 aliphatic heterocycles. The molecule has 2 aromatic carbocycles. The Balaban J connectivity index is 1.59. The van der Waals surface area contributed by atoms with Crippen molar-refractivity contribution in [3.63, 3.8) is 0 Å². The van der Waals surface area contributed by atoms with Gasteiger partial charge in [0, 0.05) is 16.1 Å². The third kappa shape index (κ3) is 5.74. The summed E-state index contributed by atoms with van der Waals surface area (Å²) in [5.74, 6) is -1.15. The van der Waals surface area contributed by atoms with Gasteiger partial charge in [-0.1, -0.05) is 30.7 Å². The van der Waals surface area contributed by atoms with Gasteiger partial charge in [-0.25, -0.2) is 13.2 Å². The minimum absolute atomic E-state index is 0.0983. The number of carbonyl (C=O) groups excluding carboxylic acids is 3. The number of thiophene rings is 1. The van der Waals surface area contributed by atoms with Crippen molar-refractivity contribution in [1.82, 2.24) is 5.32 Å². The van der Waals surface area contributed by atoms with Crippen LogP contribution >= 0.6 is 11.3 Å². The molecule has 0 unspecified atom stereocenters. The number of methoxy groups -OCH3 is 1. The molecule has 3 amide bonds. The van der Waals surface area contributed by atoms with E-state index >= 15 is 0 Å². The molecule has 0 bridgehead atoms. The maximum Gasteiger partial charge on any atom is 0.413 e. The fourth-order valence-electron chi connectivity index (χ4n) is 3.99. The van der Waals surface area contributed by atoms with Gasteiger partial charge in [-0.05, 0) is 61.6 Å². The normalized spacial score (nSPS) is 13.1. The van der Waals surface area contributed by atoms with Gasteiger partial charge in [-0.15, -0.1) is 11.3 Å². The molecule has 4 rings (SSSR count). The van der Waals surface area contributed by atoms with Gasteiger partial charge in [0.25, 0.3) is 21.8 Å². The Morgan fingerprint density at radius 3 is 2.42 bits per heavy atom. The number of ether oxygens (including phenoxy) is 1. The van der Waals surface area contributed by atoms with Crippen LogP contribution in [0.3, 0.4) is 0 Å². The second kappa shape index (κ2) is 10.9. The van der Waals surface area contributed by atoms with Crippen molar-refractivity contribution in [1.29, 1.82) is 0 Å². The molecule has 1 aromatic heterocycles. The number of imide groups is 1. The highest BCUT2D eigenvalue weighted by atomic mass is 32.2. The van der Waals surface area contributed by atoms with Gasteiger partial charge in [-0.2, -0.15) is 0 Å². The molecule has 3 aromatic rings. The van der Waals surface area contributed by atoms with E-state index in [9.17, 15) is 22.8 Å². The maximum absolute atomic E-state index is 13.1. The molecule has 11 heteroatoms. The van der Waals surface area contributed by atoms with E-state index in [2.05, 4.69) is 20.1 Å². The van der Waals surface area contributed by atoms with Crippen LogP contribution in [0, 0.1) is 0 Å². The van der Waals surface area contributed by atoms with Crippen LogP contribution in [0.2, 0.25) is 0 Å². The van der Waals surface area contributed by atoms with Gasteiger partial charge >= 0.3 is 6.09 Å². The average molecular weight is 528 g/mol. The van der Waals surface area contributed by atoms with Gasteiger partial charge in [0.05, 0.1) is 17.6 Å². The Kier molecular flexibility index (Phi) is 7.70. The van der Waals surface area contributed by atoms with E-state index in [0.29, 0.717) is 11.4 Å². The number of nitrogens with one attached hydrogen (secondary N) is 3. The molecule has 0 radical (unpaired) electrons. The third-order valence-corrected chi connectivity index (χ3v) is 8.31. The number of alkyl carbamates (subject to hydrolysis) is 1. The topological polar surface area (TPSA) is 131 Å². The van der Waals surface area contributed by atoms with Crippen LogP contribution in [-0.4, -0.2) is 33.4 Å². The maximum atomic E-state index is 13.1. The van der Waals surface area contributed by atoms with Crippen LogP contribution in [0.15, 0.2) is 59.5 Å². The molecule has 1 heterocycles. The highest BCUT2D eigenvalue weighted by molar-refractivity contribution is 7.92. The quantitative estimate of drug-likeness (QED) is 0.403. The number of amides is 3. The van der Waals surface area contributed by atoms with Crippen molar-refractivity contribution < 1.29 is 27.5 Å². The molecule has 0 saturated heterocycles. The first-order chi connectivity index (χ1) is 17.3. The molecule has 9 nitrogen and oxygen atoms in total. The van der Waals surface area contributed by atoms with Gasteiger partial charge in [-0.3, -0.25) is 19.6 Å². The zero-order chi connectivity index (χ0) is 25.7. The Morgan fingerprint density at radius 1 is 0.917 bits per heavy atom. The van der Waals surface area contributed by atoms with E-state index in [0.717, 1.165) is 36.1 Å². The molecule has 188 valence electrons. The number of rotatable bonds is 6. The summed E-state index contributed by atoms with van der Waals surface area (Å²) in [5, 5.41) is 5.31. The van der Waals surface area contributed by atoms with Crippen molar-refractivity contribution in [2.75, 3.05) is 17.1 Å². The van der Waals surface area contributed by atoms with E-state index in [4.69, 9.17) is 0 Å². The van der Waals surface area contributed by atoms with E-state index in [1.165, 1.54) is 36.6 Å². The smallest absolute Gasteiger partial charge is 0.413 e. The highest BCUT2D eigenvalue weighted by Crippen LogP contribution is 2.38. The van der Waals surface area contributed by atoms with Crippen LogP contribution < -0.4 is 15.4 Å². The van der Waals surface area contributed by atoms with Crippen molar-refractivity contribution in [3.05, 3.63) is 76.2 Å². The Bertz CT molecular complexity index is 1400. The molecule has 1 aliphatic carbocycles. The second-order valence-electron chi connectivity index (χ2n) is 8.17. The molecule has 1 aliphatic rings. The van der Waals surface area contributed by atoms with Crippen molar-refractivity contribution in [2.45, 2.75) is 37.0 Å². The monoisotopic (exact) mass is 527 g/mol. The summed E-state index contributed by atoms with van der Waals surface area (Å²) >= 11 is 1.32. The fourth-order valence-corrected chi connectivity index (χ4v) is 6.34. The van der Waals surface area contributed by atoms with E-state index in [1.807, 2.05) is 0 Å². The molecule has 36 heavy (non-hydrogen) atoms. The summed E-state index contributed by atoms with van der Waals surface area (Å²) in [5.41, 5.74) is 1.51. The van der Waals surface area contributed by atoms with E-state index in [-0.39, 0.29) is 21.7 Å². The number of fused-ring (bicyclic) bond motifs is 1. The third-order valence-electron chi connectivity index (χ3n) is 5.71. The standard InChI is InChI=1S/C25H25N3O6S2/c1-34-25(31)27-23(30)21-19-13-6-3-7-14-20(19)35-24(21)26-22(29)16-9-8-10-17(15-16)28-36(32,33)18-11-4-2-5-12-18/h2,4-5,8-12,15,28H,3,6-7,13-14H2,1H3,(H,26,29)(H,27,30,31). The number of carbonyl (C=O) groups is 3. The number of hydrogen-bond acceptors (Lipinski definition) is 7. The minimum atomic E-state index is -3.83. The average Bonchev–Trinajstić information content (AvgIpc) is 3.04. The van der Waals surface area contributed by atoms with Gasteiger partial charge in [0.15, 0.2) is 0 Å². The summed E-state index contributed by atoms with van der Waals surface area (Å²) < 4.78 is 32.3. The predicted octanol–water partition coefficient (Wildman–Crippen LogP) is 4.57. The van der Waals surface area contributed by atoms with Crippen molar-refractivity contribution in [2.24, 2.45) is 0 Å². The Labute approximate surface area is 212 Å². The number of aryl methyl sites for hydroxylation is 1. The lowest BCUT2D eigenvalue weighted by Crippen LogP contribution is -2.31. The number of benzene rings is 2. The lowest BCUT2D eigenvalue weighted by Gasteiger charge is -2.11. The van der Waals surface area contributed by atoms with E-state index in [1.54, 1.807) is 36.4 Å². The zero-order valence-corrected chi connectivity index (χ0v) is 21.1. The Hall–Kier alpha value is -3.70. The summed E-state index contributed by atoms with van der Waals surface area (Å²) in [6.07, 6.45) is 3.48. The Morgan fingerprint density at radius 2 is 1.67 bits per heavy atom. The summed E-state index contributed by atoms with van der Waals surface area (Å²) in [7, 11) is -2.66. The lowest BCUT2D eigenvalue weighted by molar-refractivity contribution is 0.0937.